The summed E-state index contributed by atoms with van der Waals surface area (Å²) < 4.78 is 41.7. The molecule has 1 atom stereocenters. The van der Waals surface area contributed by atoms with Crippen LogP contribution in [0.4, 0.5) is 13.2 Å². The third kappa shape index (κ3) is 3.17. The van der Waals surface area contributed by atoms with Crippen LogP contribution in [-0.2, 0) is 0 Å². The van der Waals surface area contributed by atoms with E-state index in [0.717, 1.165) is 13.1 Å². The summed E-state index contributed by atoms with van der Waals surface area (Å²) in [5.74, 6) is -0.899. The van der Waals surface area contributed by atoms with Crippen molar-refractivity contribution in [2.75, 3.05) is 0 Å². The molecule has 0 fully saturated rings. The lowest BCUT2D eigenvalue weighted by molar-refractivity contribution is -0.189. The van der Waals surface area contributed by atoms with Crippen molar-refractivity contribution < 1.29 is 17.9 Å². The fraction of sp³-hybridized carbons (Fsp3) is 0.333. The predicted octanol–water partition coefficient (Wildman–Crippen LogP) is 3.00. The Bertz CT molecular complexity index is 479. The molecule has 100 valence electrons. The molecule has 0 amide bonds. The van der Waals surface area contributed by atoms with E-state index in [4.69, 9.17) is 34.3 Å². The number of nitrogens with one attached hydrogen (secondary N) is 1. The van der Waals surface area contributed by atoms with Gasteiger partial charge in [-0.2, -0.15) is 13.2 Å². The standard InChI is InChI=1S/C9H8Cl2F3N3O/c1-3(9(12,13)14)18-7-4(10)2-17-6(5(7)11)8(15)16/h2-3H,1H3,(H3,15,16). The first kappa shape index (κ1) is 14.8. The van der Waals surface area contributed by atoms with Crippen LogP contribution in [0.1, 0.15) is 12.6 Å². The molecule has 3 N–H and O–H groups in total. The highest BCUT2D eigenvalue weighted by Gasteiger charge is 2.39. The van der Waals surface area contributed by atoms with Crippen LogP contribution >= 0.6 is 23.2 Å². The van der Waals surface area contributed by atoms with Crippen molar-refractivity contribution in [3.05, 3.63) is 21.9 Å². The highest BCUT2D eigenvalue weighted by atomic mass is 35.5. The van der Waals surface area contributed by atoms with Gasteiger partial charge in [-0.3, -0.25) is 5.41 Å². The minimum absolute atomic E-state index is 0.189. The van der Waals surface area contributed by atoms with Gasteiger partial charge in [-0.15, -0.1) is 0 Å². The van der Waals surface area contributed by atoms with Crippen molar-refractivity contribution in [3.8, 4) is 5.75 Å². The predicted molar refractivity (Wildman–Crippen MR) is 61.4 cm³/mol. The van der Waals surface area contributed by atoms with Gasteiger partial charge in [0.1, 0.15) is 21.6 Å². The summed E-state index contributed by atoms with van der Waals surface area (Å²) in [5, 5.41) is 6.64. The van der Waals surface area contributed by atoms with Gasteiger partial charge in [0.25, 0.3) is 0 Å². The highest BCUT2D eigenvalue weighted by Crippen LogP contribution is 2.36. The minimum atomic E-state index is -4.56. The third-order valence-corrected chi connectivity index (χ3v) is 2.56. The number of hydrogen-bond donors (Lipinski definition) is 2. The first-order chi connectivity index (χ1) is 8.14. The maximum absolute atomic E-state index is 12.4. The molecule has 0 aromatic carbocycles. The van der Waals surface area contributed by atoms with E-state index in [1.807, 2.05) is 0 Å². The second-order valence-electron chi connectivity index (χ2n) is 3.31. The van der Waals surface area contributed by atoms with Crippen molar-refractivity contribution in [3.63, 3.8) is 0 Å². The van der Waals surface area contributed by atoms with Crippen LogP contribution in [0.3, 0.4) is 0 Å². The van der Waals surface area contributed by atoms with E-state index >= 15 is 0 Å². The largest absolute Gasteiger partial charge is 0.478 e. The molecule has 0 aliphatic carbocycles. The number of halogens is 5. The average molecular weight is 302 g/mol. The van der Waals surface area contributed by atoms with Crippen molar-refractivity contribution >= 4 is 29.0 Å². The number of amidine groups is 1. The summed E-state index contributed by atoms with van der Waals surface area (Å²) >= 11 is 11.4. The molecule has 1 aromatic heterocycles. The van der Waals surface area contributed by atoms with Gasteiger partial charge in [0, 0.05) is 0 Å². The summed E-state index contributed by atoms with van der Waals surface area (Å²) in [7, 11) is 0. The lowest BCUT2D eigenvalue weighted by atomic mass is 10.3. The second kappa shape index (κ2) is 5.19. The van der Waals surface area contributed by atoms with Gasteiger partial charge >= 0.3 is 6.18 Å². The van der Waals surface area contributed by atoms with Gasteiger partial charge in [-0.25, -0.2) is 4.98 Å². The summed E-state index contributed by atoms with van der Waals surface area (Å²) in [5.41, 5.74) is 4.98. The normalized spacial score (nSPS) is 13.2. The van der Waals surface area contributed by atoms with Crippen molar-refractivity contribution in [1.29, 1.82) is 5.41 Å². The molecular formula is C9H8Cl2F3N3O. The number of nitrogens with zero attached hydrogens (tertiary/aromatic N) is 1. The number of ether oxygens (including phenoxy) is 1. The summed E-state index contributed by atoms with van der Waals surface area (Å²) in [6.07, 6.45) is -5.65. The zero-order chi connectivity index (χ0) is 14.1. The Morgan fingerprint density at radius 1 is 1.50 bits per heavy atom. The van der Waals surface area contributed by atoms with Crippen LogP contribution < -0.4 is 10.5 Å². The number of hydrogen-bond acceptors (Lipinski definition) is 3. The van der Waals surface area contributed by atoms with Crippen LogP contribution in [0.5, 0.6) is 5.75 Å². The number of nitrogen functional groups attached to an aromatic ring is 1. The molecule has 1 rings (SSSR count). The Labute approximate surface area is 110 Å². The molecule has 0 saturated heterocycles. The van der Waals surface area contributed by atoms with Gasteiger partial charge in [-0.05, 0) is 6.92 Å². The molecule has 0 bridgehead atoms. The summed E-state index contributed by atoms with van der Waals surface area (Å²) in [4.78, 5) is 3.63. The second-order valence-corrected chi connectivity index (χ2v) is 4.10. The summed E-state index contributed by atoms with van der Waals surface area (Å²) in [6, 6.07) is 0. The van der Waals surface area contributed by atoms with Crippen molar-refractivity contribution in [2.45, 2.75) is 19.2 Å². The van der Waals surface area contributed by atoms with Gasteiger partial charge < -0.3 is 10.5 Å². The van der Waals surface area contributed by atoms with Crippen LogP contribution in [0.15, 0.2) is 6.20 Å². The van der Waals surface area contributed by atoms with E-state index in [-0.39, 0.29) is 15.7 Å². The minimum Gasteiger partial charge on any atom is -0.478 e. The molecule has 0 saturated carbocycles. The Kier molecular flexibility index (Phi) is 4.28. The molecule has 4 nitrogen and oxygen atoms in total. The Morgan fingerprint density at radius 3 is 2.50 bits per heavy atom. The number of pyridine rings is 1. The topological polar surface area (TPSA) is 72.0 Å². The Hall–Kier alpha value is -1.21. The van der Waals surface area contributed by atoms with Crippen molar-refractivity contribution in [1.82, 2.24) is 4.98 Å². The van der Waals surface area contributed by atoms with Crippen LogP contribution in [0, 0.1) is 5.41 Å². The molecule has 1 heterocycles. The average Bonchev–Trinajstić information content (AvgIpc) is 2.21. The lowest BCUT2D eigenvalue weighted by Crippen LogP contribution is -2.31. The van der Waals surface area contributed by atoms with E-state index in [1.165, 1.54) is 0 Å². The maximum Gasteiger partial charge on any atom is 0.425 e. The molecule has 9 heteroatoms. The van der Waals surface area contributed by atoms with E-state index in [2.05, 4.69) is 9.72 Å². The fourth-order valence-electron chi connectivity index (χ4n) is 0.988. The van der Waals surface area contributed by atoms with Gasteiger partial charge in [0.2, 0.25) is 0 Å². The molecule has 18 heavy (non-hydrogen) atoms. The zero-order valence-corrected chi connectivity index (χ0v) is 10.5. The lowest BCUT2D eigenvalue weighted by Gasteiger charge is -2.19. The van der Waals surface area contributed by atoms with Crippen LogP contribution in [0.25, 0.3) is 0 Å². The number of rotatable bonds is 3. The molecular weight excluding hydrogens is 294 g/mol. The van der Waals surface area contributed by atoms with Gasteiger partial charge in [0.05, 0.1) is 6.20 Å². The van der Waals surface area contributed by atoms with Crippen molar-refractivity contribution in [2.24, 2.45) is 5.73 Å². The van der Waals surface area contributed by atoms with Gasteiger partial charge in [0.15, 0.2) is 11.9 Å². The van der Waals surface area contributed by atoms with E-state index in [9.17, 15) is 13.2 Å². The first-order valence-electron chi connectivity index (χ1n) is 4.56. The Morgan fingerprint density at radius 2 is 2.06 bits per heavy atom. The first-order valence-corrected chi connectivity index (χ1v) is 5.32. The molecule has 1 unspecified atom stereocenters. The monoisotopic (exact) mass is 301 g/mol. The number of aromatic nitrogens is 1. The van der Waals surface area contributed by atoms with E-state index in [1.54, 1.807) is 0 Å². The molecule has 0 aliphatic heterocycles. The van der Waals surface area contributed by atoms with Gasteiger partial charge in [-0.1, -0.05) is 23.2 Å². The molecule has 0 radical (unpaired) electrons. The van der Waals surface area contributed by atoms with E-state index in [0.29, 0.717) is 0 Å². The fourth-order valence-corrected chi connectivity index (χ4v) is 1.52. The van der Waals surface area contributed by atoms with Crippen LogP contribution in [0.2, 0.25) is 10.0 Å². The maximum atomic E-state index is 12.4. The third-order valence-electron chi connectivity index (χ3n) is 1.94. The molecule has 0 spiro atoms. The number of alkyl halides is 3. The highest BCUT2D eigenvalue weighted by molar-refractivity contribution is 6.38. The molecule has 0 aliphatic rings. The zero-order valence-electron chi connectivity index (χ0n) is 8.98. The van der Waals surface area contributed by atoms with Crippen LogP contribution in [-0.4, -0.2) is 23.1 Å². The molecule has 1 aromatic rings. The van der Waals surface area contributed by atoms with E-state index < -0.39 is 23.9 Å². The SMILES string of the molecule is CC(Oc1c(Cl)cnc(C(=N)N)c1Cl)C(F)(F)F. The summed E-state index contributed by atoms with van der Waals surface area (Å²) in [6.45, 7) is 0.806. The number of nitrogens with two attached hydrogens (primary N) is 1. The smallest absolute Gasteiger partial charge is 0.425 e. The Balaban J connectivity index is 3.16. The quantitative estimate of drug-likeness (QED) is 0.666.